The highest BCUT2D eigenvalue weighted by atomic mass is 15.0. The Bertz CT molecular complexity index is 2070. The van der Waals surface area contributed by atoms with E-state index in [2.05, 4.69) is 126 Å². The Morgan fingerprint density at radius 3 is 1.84 bits per heavy atom. The molecule has 4 nitrogen and oxygen atoms in total. The standard InChI is InChI=1S/C40H30N4/c1-28-35(24-25-41-2)36-18-9-10-19-39(36)44(28)34-22-20-29(21-23-34)32-16-11-17-33(26-32)40-42-37(30-12-5-3-6-13-30)27-38(43-40)31-14-7-4-8-15-31/h3-27H,2H2,1H3/b25-24-. The van der Waals surface area contributed by atoms with Gasteiger partial charge in [0.1, 0.15) is 0 Å². The van der Waals surface area contributed by atoms with Gasteiger partial charge in [0.05, 0.1) is 16.9 Å². The lowest BCUT2D eigenvalue weighted by Gasteiger charge is -2.12. The summed E-state index contributed by atoms with van der Waals surface area (Å²) in [5, 5.41) is 1.19. The van der Waals surface area contributed by atoms with Crippen molar-refractivity contribution in [1.29, 1.82) is 0 Å². The number of rotatable bonds is 7. The SMILES string of the molecule is C=N/C=C\c1c(C)n(-c2ccc(-c3cccc(-c4nc(-c5ccccc5)cc(-c5ccccc5)n4)c3)cc2)c2ccccc12. The van der Waals surface area contributed by atoms with E-state index in [9.17, 15) is 0 Å². The van der Waals surface area contributed by atoms with Gasteiger partial charge in [-0.3, -0.25) is 4.99 Å². The molecule has 44 heavy (non-hydrogen) atoms. The third-order valence-corrected chi connectivity index (χ3v) is 7.95. The second-order valence-corrected chi connectivity index (χ2v) is 10.7. The van der Waals surface area contributed by atoms with E-state index < -0.39 is 0 Å². The van der Waals surface area contributed by atoms with Crippen molar-refractivity contribution >= 4 is 23.7 Å². The molecule has 7 rings (SSSR count). The quantitative estimate of drug-likeness (QED) is 0.180. The first kappa shape index (κ1) is 27.0. The Kier molecular flexibility index (Phi) is 7.23. The van der Waals surface area contributed by atoms with Gasteiger partial charge in [-0.05, 0) is 61.2 Å². The molecule has 0 aliphatic rings. The van der Waals surface area contributed by atoms with Crippen LogP contribution in [-0.2, 0) is 0 Å². The molecule has 0 amide bonds. The van der Waals surface area contributed by atoms with Gasteiger partial charge in [-0.2, -0.15) is 0 Å². The molecule has 0 spiro atoms. The average Bonchev–Trinajstić information content (AvgIpc) is 3.38. The molecule has 0 unspecified atom stereocenters. The van der Waals surface area contributed by atoms with Crippen molar-refractivity contribution < 1.29 is 0 Å². The summed E-state index contributed by atoms with van der Waals surface area (Å²) in [4.78, 5) is 14.0. The molecule has 5 aromatic carbocycles. The van der Waals surface area contributed by atoms with E-state index in [-0.39, 0.29) is 0 Å². The summed E-state index contributed by atoms with van der Waals surface area (Å²) < 4.78 is 2.30. The van der Waals surface area contributed by atoms with Crippen LogP contribution >= 0.6 is 0 Å². The number of benzene rings is 5. The zero-order valence-electron chi connectivity index (χ0n) is 24.4. The molecule has 0 bridgehead atoms. The molecule has 0 saturated carbocycles. The topological polar surface area (TPSA) is 43.1 Å². The van der Waals surface area contributed by atoms with E-state index in [0.717, 1.165) is 61.7 Å². The first-order chi connectivity index (χ1) is 21.7. The number of hydrogen-bond donors (Lipinski definition) is 0. The fourth-order valence-electron chi connectivity index (χ4n) is 5.79. The van der Waals surface area contributed by atoms with Crippen molar-refractivity contribution in [2.45, 2.75) is 6.92 Å². The third-order valence-electron chi connectivity index (χ3n) is 7.95. The van der Waals surface area contributed by atoms with Crippen molar-refractivity contribution in [1.82, 2.24) is 14.5 Å². The maximum Gasteiger partial charge on any atom is 0.160 e. The highest BCUT2D eigenvalue weighted by Gasteiger charge is 2.14. The summed E-state index contributed by atoms with van der Waals surface area (Å²) in [6, 6.07) is 48.3. The molecular weight excluding hydrogens is 536 g/mol. The molecule has 0 aliphatic carbocycles. The van der Waals surface area contributed by atoms with E-state index in [1.54, 1.807) is 6.20 Å². The fourth-order valence-corrected chi connectivity index (χ4v) is 5.79. The Morgan fingerprint density at radius 1 is 0.591 bits per heavy atom. The minimum absolute atomic E-state index is 0.702. The van der Waals surface area contributed by atoms with Crippen LogP contribution in [0, 0.1) is 6.92 Å². The number of aromatic nitrogens is 3. The van der Waals surface area contributed by atoms with Crippen molar-refractivity contribution in [3.05, 3.63) is 157 Å². The van der Waals surface area contributed by atoms with E-state index >= 15 is 0 Å². The summed E-state index contributed by atoms with van der Waals surface area (Å²) in [5.74, 6) is 0.702. The van der Waals surface area contributed by atoms with Crippen molar-refractivity contribution in [2.24, 2.45) is 4.99 Å². The molecule has 0 N–H and O–H groups in total. The minimum Gasteiger partial charge on any atom is -0.313 e. The smallest absolute Gasteiger partial charge is 0.160 e. The zero-order valence-corrected chi connectivity index (χ0v) is 24.4. The highest BCUT2D eigenvalue weighted by molar-refractivity contribution is 5.92. The largest absolute Gasteiger partial charge is 0.313 e. The van der Waals surface area contributed by atoms with Crippen LogP contribution in [0.4, 0.5) is 0 Å². The van der Waals surface area contributed by atoms with Crippen LogP contribution in [0.25, 0.3) is 67.7 Å². The monoisotopic (exact) mass is 566 g/mol. The van der Waals surface area contributed by atoms with Crippen LogP contribution in [-0.4, -0.2) is 21.3 Å². The van der Waals surface area contributed by atoms with Crippen LogP contribution < -0.4 is 0 Å². The lowest BCUT2D eigenvalue weighted by molar-refractivity contribution is 1.05. The van der Waals surface area contributed by atoms with Crippen molar-refractivity contribution in [3.63, 3.8) is 0 Å². The van der Waals surface area contributed by atoms with E-state index in [0.29, 0.717) is 5.82 Å². The van der Waals surface area contributed by atoms with Crippen molar-refractivity contribution in [3.8, 4) is 50.7 Å². The number of hydrogen-bond acceptors (Lipinski definition) is 3. The van der Waals surface area contributed by atoms with Gasteiger partial charge in [-0.15, -0.1) is 0 Å². The molecule has 2 aromatic heterocycles. The Morgan fingerprint density at radius 2 is 1.18 bits per heavy atom. The lowest BCUT2D eigenvalue weighted by Crippen LogP contribution is -1.97. The summed E-state index contributed by atoms with van der Waals surface area (Å²) in [7, 11) is 0. The predicted molar refractivity (Wildman–Crippen MR) is 184 cm³/mol. The first-order valence-electron chi connectivity index (χ1n) is 14.6. The maximum atomic E-state index is 5.02. The molecule has 4 heteroatoms. The number of para-hydroxylation sites is 1. The van der Waals surface area contributed by atoms with Crippen LogP contribution in [0.5, 0.6) is 0 Å². The van der Waals surface area contributed by atoms with Crippen LogP contribution in [0.15, 0.2) is 151 Å². The van der Waals surface area contributed by atoms with Gasteiger partial charge in [0.25, 0.3) is 0 Å². The molecule has 2 heterocycles. The van der Waals surface area contributed by atoms with Gasteiger partial charge >= 0.3 is 0 Å². The van der Waals surface area contributed by atoms with Crippen molar-refractivity contribution in [2.75, 3.05) is 0 Å². The molecule has 0 fully saturated rings. The van der Waals surface area contributed by atoms with Crippen LogP contribution in [0.3, 0.4) is 0 Å². The third kappa shape index (κ3) is 5.14. The number of fused-ring (bicyclic) bond motifs is 1. The van der Waals surface area contributed by atoms with E-state index in [1.165, 1.54) is 5.39 Å². The second-order valence-electron chi connectivity index (χ2n) is 10.7. The Labute approximate surface area is 257 Å². The molecule has 0 atom stereocenters. The molecule has 0 saturated heterocycles. The van der Waals surface area contributed by atoms with Gasteiger partial charge in [-0.25, -0.2) is 9.97 Å². The molecule has 210 valence electrons. The zero-order chi connectivity index (χ0) is 29.9. The maximum absolute atomic E-state index is 5.02. The number of nitrogens with zero attached hydrogens (tertiary/aromatic N) is 4. The van der Waals surface area contributed by atoms with Gasteiger partial charge in [0, 0.05) is 45.2 Å². The second kappa shape index (κ2) is 11.8. The molecule has 0 aliphatic heterocycles. The van der Waals surface area contributed by atoms with Crippen LogP contribution in [0.1, 0.15) is 11.3 Å². The Balaban J connectivity index is 1.28. The fraction of sp³-hybridized carbons (Fsp3) is 0.0250. The Hall–Kier alpha value is -5.87. The van der Waals surface area contributed by atoms with Gasteiger partial charge in [0.2, 0.25) is 0 Å². The first-order valence-corrected chi connectivity index (χ1v) is 14.6. The highest BCUT2D eigenvalue weighted by Crippen LogP contribution is 2.33. The van der Waals surface area contributed by atoms with E-state index in [1.807, 2.05) is 42.5 Å². The minimum atomic E-state index is 0.702. The number of aliphatic imine (C=N–C) groups is 1. The molecule has 7 aromatic rings. The summed E-state index contributed by atoms with van der Waals surface area (Å²) in [5.41, 5.74) is 11.7. The average molecular weight is 567 g/mol. The summed E-state index contributed by atoms with van der Waals surface area (Å²) >= 11 is 0. The summed E-state index contributed by atoms with van der Waals surface area (Å²) in [6.07, 6.45) is 3.77. The molecule has 0 radical (unpaired) electrons. The summed E-state index contributed by atoms with van der Waals surface area (Å²) in [6.45, 7) is 5.75. The van der Waals surface area contributed by atoms with E-state index in [4.69, 9.17) is 9.97 Å². The van der Waals surface area contributed by atoms with Crippen LogP contribution in [0.2, 0.25) is 0 Å². The predicted octanol–water partition coefficient (Wildman–Crippen LogP) is 10.1. The normalized spacial score (nSPS) is 11.3. The van der Waals surface area contributed by atoms with Gasteiger partial charge in [0.15, 0.2) is 5.82 Å². The van der Waals surface area contributed by atoms with Gasteiger partial charge in [-0.1, -0.05) is 109 Å². The lowest BCUT2D eigenvalue weighted by atomic mass is 10.0. The molecular formula is C40H30N4. The van der Waals surface area contributed by atoms with Gasteiger partial charge < -0.3 is 4.57 Å².